The van der Waals surface area contributed by atoms with Crippen molar-refractivity contribution in [2.75, 3.05) is 19.7 Å². The average Bonchev–Trinajstić information content (AvgIpc) is 3.20. The third-order valence-corrected chi connectivity index (χ3v) is 5.85. The second-order valence-electron chi connectivity index (χ2n) is 7.09. The van der Waals surface area contributed by atoms with Crippen molar-refractivity contribution >= 4 is 0 Å². The summed E-state index contributed by atoms with van der Waals surface area (Å²) in [6.07, 6.45) is 13.7. The van der Waals surface area contributed by atoms with Gasteiger partial charge in [0.15, 0.2) is 0 Å². The van der Waals surface area contributed by atoms with Crippen LogP contribution in [0.1, 0.15) is 70.6 Å². The fourth-order valence-electron chi connectivity index (χ4n) is 4.69. The molecule has 0 spiro atoms. The Labute approximate surface area is 123 Å². The van der Waals surface area contributed by atoms with E-state index in [2.05, 4.69) is 4.90 Å². The van der Waals surface area contributed by atoms with Gasteiger partial charge >= 0.3 is 0 Å². The van der Waals surface area contributed by atoms with Crippen LogP contribution in [-0.4, -0.2) is 47.4 Å². The molecule has 2 heterocycles. The molecule has 3 heteroatoms. The van der Waals surface area contributed by atoms with Crippen molar-refractivity contribution in [2.24, 2.45) is 0 Å². The Hall–Kier alpha value is -0.120. The lowest BCUT2D eigenvalue weighted by Crippen LogP contribution is -2.53. The largest absolute Gasteiger partial charge is 0.391 e. The highest BCUT2D eigenvalue weighted by molar-refractivity contribution is 5.01. The van der Waals surface area contributed by atoms with Gasteiger partial charge in [0.25, 0.3) is 0 Å². The number of ether oxygens (including phenoxy) is 1. The van der Waals surface area contributed by atoms with Gasteiger partial charge in [-0.1, -0.05) is 12.8 Å². The molecule has 3 nitrogen and oxygen atoms in total. The van der Waals surface area contributed by atoms with Crippen molar-refractivity contribution in [1.82, 2.24) is 4.90 Å². The Morgan fingerprint density at radius 3 is 2.50 bits per heavy atom. The molecule has 0 aromatic rings. The maximum atomic E-state index is 10.9. The molecule has 3 fully saturated rings. The Morgan fingerprint density at radius 2 is 1.85 bits per heavy atom. The highest BCUT2D eigenvalue weighted by Crippen LogP contribution is 2.41. The van der Waals surface area contributed by atoms with Gasteiger partial charge in [0.2, 0.25) is 0 Å². The van der Waals surface area contributed by atoms with Crippen LogP contribution in [0.5, 0.6) is 0 Å². The zero-order valence-corrected chi connectivity index (χ0v) is 12.9. The smallest absolute Gasteiger partial charge is 0.0723 e. The molecule has 2 aliphatic heterocycles. The molecule has 20 heavy (non-hydrogen) atoms. The second kappa shape index (κ2) is 6.76. The minimum absolute atomic E-state index is 0.121. The molecule has 0 radical (unpaired) electrons. The van der Waals surface area contributed by atoms with E-state index in [4.69, 9.17) is 4.74 Å². The third kappa shape index (κ3) is 3.05. The van der Waals surface area contributed by atoms with E-state index in [9.17, 15) is 5.11 Å². The first kappa shape index (κ1) is 14.8. The Kier molecular flexibility index (Phi) is 5.00. The highest BCUT2D eigenvalue weighted by Gasteiger charge is 2.45. The molecular weight excluding hydrogens is 250 g/mol. The van der Waals surface area contributed by atoms with Gasteiger partial charge in [0.1, 0.15) is 0 Å². The van der Waals surface area contributed by atoms with E-state index in [0.29, 0.717) is 6.10 Å². The Morgan fingerprint density at radius 1 is 1.10 bits per heavy atom. The topological polar surface area (TPSA) is 32.7 Å². The maximum absolute atomic E-state index is 10.9. The van der Waals surface area contributed by atoms with Crippen LogP contribution in [0.4, 0.5) is 0 Å². The van der Waals surface area contributed by atoms with Gasteiger partial charge in [-0.2, -0.15) is 0 Å². The summed E-state index contributed by atoms with van der Waals surface area (Å²) >= 11 is 0. The van der Waals surface area contributed by atoms with Gasteiger partial charge in [0, 0.05) is 12.1 Å². The van der Waals surface area contributed by atoms with Gasteiger partial charge in [0.05, 0.1) is 12.2 Å². The lowest BCUT2D eigenvalue weighted by atomic mass is 9.85. The predicted molar refractivity (Wildman–Crippen MR) is 80.8 cm³/mol. The van der Waals surface area contributed by atoms with Crippen molar-refractivity contribution in [2.45, 2.75) is 88.4 Å². The fourth-order valence-corrected chi connectivity index (χ4v) is 4.69. The van der Waals surface area contributed by atoms with E-state index in [1.54, 1.807) is 0 Å². The zero-order chi connectivity index (χ0) is 13.8. The number of rotatable bonds is 6. The molecule has 2 saturated heterocycles. The van der Waals surface area contributed by atoms with Crippen LogP contribution >= 0.6 is 0 Å². The van der Waals surface area contributed by atoms with E-state index >= 15 is 0 Å². The number of aliphatic hydroxyl groups is 1. The predicted octanol–water partition coefficient (Wildman–Crippen LogP) is 3.11. The molecule has 0 bridgehead atoms. The van der Waals surface area contributed by atoms with Crippen LogP contribution in [-0.2, 0) is 4.74 Å². The molecule has 2 atom stereocenters. The SMILES string of the molecule is OC(CCCC1CCCO1)C1(N2CCCC2)CCCC1. The van der Waals surface area contributed by atoms with E-state index in [1.165, 1.54) is 64.5 Å². The fraction of sp³-hybridized carbons (Fsp3) is 1.00. The summed E-state index contributed by atoms with van der Waals surface area (Å²) in [5, 5.41) is 10.9. The molecule has 3 rings (SSSR count). The van der Waals surface area contributed by atoms with Crippen molar-refractivity contribution in [3.8, 4) is 0 Å². The lowest BCUT2D eigenvalue weighted by Gasteiger charge is -2.43. The first-order valence-corrected chi connectivity index (χ1v) is 8.86. The molecular formula is C17H31NO2. The molecule has 116 valence electrons. The normalized spacial score (nSPS) is 31.9. The minimum Gasteiger partial charge on any atom is -0.391 e. The number of hydrogen-bond acceptors (Lipinski definition) is 3. The van der Waals surface area contributed by atoms with Crippen molar-refractivity contribution < 1.29 is 9.84 Å². The zero-order valence-electron chi connectivity index (χ0n) is 12.9. The summed E-state index contributed by atoms with van der Waals surface area (Å²) in [7, 11) is 0. The van der Waals surface area contributed by atoms with Crippen molar-refractivity contribution in [3.05, 3.63) is 0 Å². The summed E-state index contributed by atoms with van der Waals surface area (Å²) in [4.78, 5) is 2.62. The van der Waals surface area contributed by atoms with Crippen LogP contribution < -0.4 is 0 Å². The van der Waals surface area contributed by atoms with E-state index in [1.807, 2.05) is 0 Å². The molecule has 1 aliphatic carbocycles. The first-order valence-electron chi connectivity index (χ1n) is 8.86. The van der Waals surface area contributed by atoms with Crippen LogP contribution in [0.2, 0.25) is 0 Å². The Bertz CT molecular complexity index is 289. The number of hydrogen-bond donors (Lipinski definition) is 1. The molecule has 0 amide bonds. The summed E-state index contributed by atoms with van der Waals surface area (Å²) < 4.78 is 5.69. The van der Waals surface area contributed by atoms with Gasteiger partial charge in [-0.15, -0.1) is 0 Å². The molecule has 1 N–H and O–H groups in total. The quantitative estimate of drug-likeness (QED) is 0.812. The van der Waals surface area contributed by atoms with Crippen molar-refractivity contribution in [3.63, 3.8) is 0 Å². The van der Waals surface area contributed by atoms with Gasteiger partial charge in [-0.25, -0.2) is 0 Å². The molecule has 3 aliphatic rings. The van der Waals surface area contributed by atoms with E-state index in [-0.39, 0.29) is 11.6 Å². The van der Waals surface area contributed by atoms with E-state index < -0.39 is 0 Å². The van der Waals surface area contributed by atoms with E-state index in [0.717, 1.165) is 25.9 Å². The second-order valence-corrected chi connectivity index (χ2v) is 7.09. The summed E-state index contributed by atoms with van der Waals surface area (Å²) in [6.45, 7) is 3.37. The lowest BCUT2D eigenvalue weighted by molar-refractivity contribution is -0.0248. The maximum Gasteiger partial charge on any atom is 0.0723 e. The van der Waals surface area contributed by atoms with Gasteiger partial charge in [-0.3, -0.25) is 4.90 Å². The average molecular weight is 281 g/mol. The van der Waals surface area contributed by atoms with Crippen LogP contribution in [0.25, 0.3) is 0 Å². The minimum atomic E-state index is -0.121. The summed E-state index contributed by atoms with van der Waals surface area (Å²) in [6, 6.07) is 0. The van der Waals surface area contributed by atoms with Crippen LogP contribution in [0, 0.1) is 0 Å². The number of likely N-dealkylation sites (tertiary alicyclic amines) is 1. The molecule has 0 aromatic heterocycles. The summed E-state index contributed by atoms with van der Waals surface area (Å²) in [5.41, 5.74) is 0.132. The monoisotopic (exact) mass is 281 g/mol. The highest BCUT2D eigenvalue weighted by atomic mass is 16.5. The van der Waals surface area contributed by atoms with Crippen LogP contribution in [0.3, 0.4) is 0 Å². The number of nitrogens with zero attached hydrogens (tertiary/aromatic N) is 1. The third-order valence-electron chi connectivity index (χ3n) is 5.85. The molecule has 2 unspecified atom stereocenters. The molecule has 1 saturated carbocycles. The van der Waals surface area contributed by atoms with Gasteiger partial charge < -0.3 is 9.84 Å². The number of aliphatic hydroxyl groups excluding tert-OH is 1. The van der Waals surface area contributed by atoms with Gasteiger partial charge in [-0.05, 0) is 70.9 Å². The Balaban J connectivity index is 1.51. The first-order chi connectivity index (χ1) is 9.81. The van der Waals surface area contributed by atoms with Crippen molar-refractivity contribution in [1.29, 1.82) is 0 Å². The summed E-state index contributed by atoms with van der Waals surface area (Å²) in [5.74, 6) is 0. The standard InChI is InChI=1S/C17H31NO2/c19-16(9-5-7-15-8-6-14-20-15)17(10-1-2-11-17)18-12-3-4-13-18/h15-16,19H,1-14H2. The molecule has 0 aromatic carbocycles. The van der Waals surface area contributed by atoms with Crippen LogP contribution in [0.15, 0.2) is 0 Å².